The molecule has 0 aliphatic carbocycles. The van der Waals surface area contributed by atoms with Gasteiger partial charge < -0.3 is 10.2 Å². The van der Waals surface area contributed by atoms with E-state index in [1.807, 2.05) is 0 Å². The fourth-order valence-corrected chi connectivity index (χ4v) is 5.43. The Morgan fingerprint density at radius 1 is 0.759 bits per heavy atom. The van der Waals surface area contributed by atoms with Gasteiger partial charge in [-0.15, -0.1) is 0 Å². The lowest BCUT2D eigenvalue weighted by molar-refractivity contribution is 0.439. The largest absolute Gasteiger partial charge is 0.508 e. The molecule has 0 heterocycles. The van der Waals surface area contributed by atoms with E-state index in [9.17, 15) is 23.2 Å². The first-order chi connectivity index (χ1) is 13.5. The minimum absolute atomic E-state index is 0.0517. The van der Waals surface area contributed by atoms with Gasteiger partial charge in [-0.1, -0.05) is 76.7 Å². The lowest BCUT2D eigenvalue weighted by Crippen LogP contribution is -2.38. The molecule has 0 saturated heterocycles. The maximum absolute atomic E-state index is 13.0. The van der Waals surface area contributed by atoms with Crippen molar-refractivity contribution in [2.75, 3.05) is 0 Å². The number of phenols is 2. The van der Waals surface area contributed by atoms with Crippen LogP contribution in [-0.4, -0.2) is 23.2 Å². The number of rotatable bonds is 4. The average Bonchev–Trinajstić information content (AvgIpc) is 2.64. The number of benzene rings is 3. The highest BCUT2D eigenvalue weighted by molar-refractivity contribution is 7.87. The molecular formula is C19H12Cl4O5S. The van der Waals surface area contributed by atoms with Crippen molar-refractivity contribution >= 4 is 56.5 Å². The molecule has 152 valence electrons. The molecule has 3 aromatic carbocycles. The molecule has 10 heteroatoms. The minimum atomic E-state index is -5.11. The van der Waals surface area contributed by atoms with Gasteiger partial charge in [0.1, 0.15) is 11.5 Å². The second-order valence-corrected chi connectivity index (χ2v) is 9.20. The predicted molar refractivity (Wildman–Crippen MR) is 114 cm³/mol. The molecule has 0 fully saturated rings. The van der Waals surface area contributed by atoms with E-state index < -0.39 is 20.6 Å². The standard InChI is InChI=1S/C19H12Cl4O5S/c20-14-8-7-12(16(22)17(14)23)19(29(26,27)28,10-3-1-4-11(24)9-10)13-5-2-6-15(21)18(13)25/h1-9,24-25H,(H,26,27,28). The lowest BCUT2D eigenvalue weighted by atomic mass is 9.83. The van der Waals surface area contributed by atoms with E-state index in [4.69, 9.17) is 46.4 Å². The van der Waals surface area contributed by atoms with Crippen LogP contribution >= 0.6 is 46.4 Å². The summed E-state index contributed by atoms with van der Waals surface area (Å²) < 4.78 is 33.9. The third kappa shape index (κ3) is 3.54. The van der Waals surface area contributed by atoms with E-state index in [1.54, 1.807) is 0 Å². The third-order valence-corrected chi connectivity index (χ3v) is 7.47. The summed E-state index contributed by atoms with van der Waals surface area (Å²) in [6.45, 7) is 0. The number of hydrogen-bond acceptors (Lipinski definition) is 4. The molecule has 0 saturated carbocycles. The number of halogens is 4. The van der Waals surface area contributed by atoms with E-state index >= 15 is 0 Å². The van der Waals surface area contributed by atoms with Crippen LogP contribution in [0, 0.1) is 0 Å². The third-order valence-electron chi connectivity index (χ3n) is 4.42. The number of para-hydroxylation sites is 1. The van der Waals surface area contributed by atoms with Gasteiger partial charge in [0.05, 0.1) is 20.1 Å². The molecule has 0 aromatic heterocycles. The van der Waals surface area contributed by atoms with E-state index in [2.05, 4.69) is 0 Å². The Morgan fingerprint density at radius 3 is 2.03 bits per heavy atom. The normalized spacial score (nSPS) is 13.8. The summed E-state index contributed by atoms with van der Waals surface area (Å²) in [5.74, 6) is -0.884. The van der Waals surface area contributed by atoms with Crippen LogP contribution in [-0.2, 0) is 14.9 Å². The van der Waals surface area contributed by atoms with Crippen LogP contribution in [0.5, 0.6) is 11.5 Å². The van der Waals surface area contributed by atoms with Crippen molar-refractivity contribution in [3.8, 4) is 11.5 Å². The maximum atomic E-state index is 13.0. The Balaban J connectivity index is 2.63. The molecule has 3 N–H and O–H groups in total. The van der Waals surface area contributed by atoms with E-state index in [-0.39, 0.29) is 42.5 Å². The zero-order valence-electron chi connectivity index (χ0n) is 14.3. The van der Waals surface area contributed by atoms with Gasteiger partial charge in [0, 0.05) is 11.1 Å². The van der Waals surface area contributed by atoms with Gasteiger partial charge >= 0.3 is 0 Å². The molecule has 0 radical (unpaired) electrons. The van der Waals surface area contributed by atoms with Crippen LogP contribution in [0.15, 0.2) is 54.6 Å². The molecule has 3 rings (SSSR count). The maximum Gasteiger partial charge on any atom is 0.283 e. The highest BCUT2D eigenvalue weighted by atomic mass is 35.5. The quantitative estimate of drug-likeness (QED) is 0.239. The molecule has 0 bridgehead atoms. The van der Waals surface area contributed by atoms with E-state index in [1.165, 1.54) is 48.5 Å². The van der Waals surface area contributed by atoms with Crippen LogP contribution in [0.25, 0.3) is 0 Å². The Labute approximate surface area is 186 Å². The van der Waals surface area contributed by atoms with Gasteiger partial charge in [-0.3, -0.25) is 4.55 Å². The molecule has 1 unspecified atom stereocenters. The van der Waals surface area contributed by atoms with E-state index in [0.29, 0.717) is 0 Å². The van der Waals surface area contributed by atoms with Crippen molar-refractivity contribution in [1.82, 2.24) is 0 Å². The first-order valence-electron chi connectivity index (χ1n) is 7.90. The zero-order valence-corrected chi connectivity index (χ0v) is 18.1. The fraction of sp³-hybridized carbons (Fsp3) is 0.0526. The van der Waals surface area contributed by atoms with Crippen LogP contribution in [0.3, 0.4) is 0 Å². The number of hydrogen-bond donors (Lipinski definition) is 3. The van der Waals surface area contributed by atoms with Gasteiger partial charge in [0.2, 0.25) is 0 Å². The fourth-order valence-electron chi connectivity index (χ4n) is 3.21. The van der Waals surface area contributed by atoms with Gasteiger partial charge in [-0.05, 0) is 29.8 Å². The van der Waals surface area contributed by atoms with Crippen molar-refractivity contribution in [1.29, 1.82) is 0 Å². The van der Waals surface area contributed by atoms with E-state index in [0.717, 1.165) is 6.07 Å². The summed E-state index contributed by atoms with van der Waals surface area (Å²) in [5.41, 5.74) is -0.601. The smallest absolute Gasteiger partial charge is 0.283 e. The molecule has 3 aromatic rings. The van der Waals surface area contributed by atoms with Crippen molar-refractivity contribution in [2.24, 2.45) is 0 Å². The van der Waals surface area contributed by atoms with Gasteiger partial charge in [-0.25, -0.2) is 0 Å². The minimum Gasteiger partial charge on any atom is -0.508 e. The zero-order chi connectivity index (χ0) is 21.6. The first-order valence-corrected chi connectivity index (χ1v) is 10.9. The average molecular weight is 494 g/mol. The molecule has 0 aliphatic heterocycles. The van der Waals surface area contributed by atoms with Crippen LogP contribution in [0.4, 0.5) is 0 Å². The molecule has 29 heavy (non-hydrogen) atoms. The first kappa shape index (κ1) is 22.0. The van der Waals surface area contributed by atoms with Crippen LogP contribution in [0.2, 0.25) is 20.1 Å². The molecule has 0 spiro atoms. The SMILES string of the molecule is O=S(=O)(O)C(c1cccc(O)c1)(c1cccc(Cl)c1O)c1ccc(Cl)c(Cl)c1Cl. The Morgan fingerprint density at radius 2 is 1.41 bits per heavy atom. The van der Waals surface area contributed by atoms with Crippen molar-refractivity contribution < 1.29 is 23.2 Å². The summed E-state index contributed by atoms with van der Waals surface area (Å²) in [6.07, 6.45) is 0. The summed E-state index contributed by atoms with van der Waals surface area (Å²) in [7, 11) is -5.11. The summed E-state index contributed by atoms with van der Waals surface area (Å²) >= 11 is 24.5. The monoisotopic (exact) mass is 492 g/mol. The lowest BCUT2D eigenvalue weighted by Gasteiger charge is -2.34. The highest BCUT2D eigenvalue weighted by Crippen LogP contribution is 2.52. The predicted octanol–water partition coefficient (Wildman–Crippen LogP) is 5.89. The second-order valence-electron chi connectivity index (χ2n) is 6.07. The van der Waals surface area contributed by atoms with Crippen molar-refractivity contribution in [2.45, 2.75) is 4.75 Å². The van der Waals surface area contributed by atoms with Crippen molar-refractivity contribution in [3.63, 3.8) is 0 Å². The summed E-state index contributed by atoms with van der Waals surface area (Å²) in [6, 6.07) is 11.7. The van der Waals surface area contributed by atoms with Crippen molar-refractivity contribution in [3.05, 3.63) is 91.4 Å². The van der Waals surface area contributed by atoms with Crippen LogP contribution in [0.1, 0.15) is 16.7 Å². The molecule has 1 atom stereocenters. The van der Waals surface area contributed by atoms with Gasteiger partial charge in [0.15, 0.2) is 4.75 Å². The molecule has 5 nitrogen and oxygen atoms in total. The molecule has 0 aliphatic rings. The summed E-state index contributed by atoms with van der Waals surface area (Å²) in [5, 5.41) is 20.1. The Bertz CT molecular complexity index is 1210. The Kier molecular flexibility index (Phi) is 5.98. The highest BCUT2D eigenvalue weighted by Gasteiger charge is 2.52. The van der Waals surface area contributed by atoms with Gasteiger partial charge in [0.25, 0.3) is 10.1 Å². The molecular weight excluding hydrogens is 482 g/mol. The van der Waals surface area contributed by atoms with Gasteiger partial charge in [-0.2, -0.15) is 8.42 Å². The second kappa shape index (κ2) is 7.87. The summed E-state index contributed by atoms with van der Waals surface area (Å²) in [4.78, 5) is 0. The Hall–Kier alpha value is -1.67. The van der Waals surface area contributed by atoms with Crippen LogP contribution < -0.4 is 0 Å². The topological polar surface area (TPSA) is 94.8 Å². The number of phenolic OH excluding ortho intramolecular Hbond substituents is 2. The number of aromatic hydroxyl groups is 2. The molecule has 0 amide bonds.